The number of hydrogen-bond donors (Lipinski definition) is 1. The Morgan fingerprint density at radius 2 is 2.21 bits per heavy atom. The van der Waals surface area contributed by atoms with Crippen molar-refractivity contribution in [2.24, 2.45) is 11.8 Å². The summed E-state index contributed by atoms with van der Waals surface area (Å²) >= 11 is 0. The second kappa shape index (κ2) is 5.13. The summed E-state index contributed by atoms with van der Waals surface area (Å²) in [5.74, 6) is 2.07. The number of hydrogen-bond acceptors (Lipinski definition) is 2. The molecule has 2 aliphatic carbocycles. The summed E-state index contributed by atoms with van der Waals surface area (Å²) in [5.41, 5.74) is 0. The van der Waals surface area contributed by atoms with Crippen LogP contribution in [0.15, 0.2) is 0 Å². The lowest BCUT2D eigenvalue weighted by Crippen LogP contribution is -2.34. The SMILES string of the molecule is CCOCCCN[C@@H]1C[C@@H]2CC[C@@H]1C2. The van der Waals surface area contributed by atoms with E-state index in [2.05, 4.69) is 12.2 Å². The number of ether oxygens (including phenoxy) is 1. The van der Waals surface area contributed by atoms with Gasteiger partial charge in [-0.1, -0.05) is 6.42 Å². The smallest absolute Gasteiger partial charge is 0.0477 e. The molecule has 0 amide bonds. The van der Waals surface area contributed by atoms with Crippen LogP contribution in [0.4, 0.5) is 0 Å². The van der Waals surface area contributed by atoms with Crippen molar-refractivity contribution in [1.82, 2.24) is 5.32 Å². The highest BCUT2D eigenvalue weighted by atomic mass is 16.5. The van der Waals surface area contributed by atoms with Gasteiger partial charge >= 0.3 is 0 Å². The van der Waals surface area contributed by atoms with Crippen molar-refractivity contribution in [2.75, 3.05) is 19.8 Å². The van der Waals surface area contributed by atoms with Crippen LogP contribution in [0.25, 0.3) is 0 Å². The number of nitrogens with one attached hydrogen (secondary N) is 1. The molecule has 2 nitrogen and oxygen atoms in total. The molecule has 0 aromatic carbocycles. The highest BCUT2D eigenvalue weighted by molar-refractivity contribution is 4.93. The number of rotatable bonds is 6. The lowest BCUT2D eigenvalue weighted by atomic mass is 9.95. The molecule has 3 atom stereocenters. The normalized spacial score (nSPS) is 35.4. The Bertz CT molecular complexity index is 172. The monoisotopic (exact) mass is 197 g/mol. The fraction of sp³-hybridized carbons (Fsp3) is 1.00. The fourth-order valence-corrected chi connectivity index (χ4v) is 3.10. The summed E-state index contributed by atoms with van der Waals surface area (Å²) in [6.45, 7) is 4.98. The van der Waals surface area contributed by atoms with Gasteiger partial charge in [0, 0.05) is 19.3 Å². The van der Waals surface area contributed by atoms with E-state index in [0.717, 1.165) is 37.6 Å². The Labute approximate surface area is 87.4 Å². The molecule has 0 spiro atoms. The van der Waals surface area contributed by atoms with E-state index in [9.17, 15) is 0 Å². The van der Waals surface area contributed by atoms with E-state index in [1.165, 1.54) is 32.1 Å². The maximum absolute atomic E-state index is 5.32. The molecule has 2 heteroatoms. The van der Waals surface area contributed by atoms with E-state index in [-0.39, 0.29) is 0 Å². The van der Waals surface area contributed by atoms with Gasteiger partial charge < -0.3 is 10.1 Å². The van der Waals surface area contributed by atoms with Gasteiger partial charge in [-0.25, -0.2) is 0 Å². The lowest BCUT2D eigenvalue weighted by molar-refractivity contribution is 0.143. The van der Waals surface area contributed by atoms with Gasteiger partial charge in [0.25, 0.3) is 0 Å². The van der Waals surface area contributed by atoms with Gasteiger partial charge in [-0.2, -0.15) is 0 Å². The minimum Gasteiger partial charge on any atom is -0.382 e. The average molecular weight is 197 g/mol. The van der Waals surface area contributed by atoms with Gasteiger partial charge in [0.1, 0.15) is 0 Å². The summed E-state index contributed by atoms with van der Waals surface area (Å²) in [6, 6.07) is 0.843. The van der Waals surface area contributed by atoms with Crippen molar-refractivity contribution >= 4 is 0 Å². The first kappa shape index (κ1) is 10.4. The van der Waals surface area contributed by atoms with E-state index in [1.807, 2.05) is 0 Å². The Hall–Kier alpha value is -0.0800. The fourth-order valence-electron chi connectivity index (χ4n) is 3.10. The van der Waals surface area contributed by atoms with Crippen LogP contribution in [-0.2, 0) is 4.74 Å². The molecule has 2 fully saturated rings. The minimum atomic E-state index is 0.843. The van der Waals surface area contributed by atoms with Crippen LogP contribution in [0, 0.1) is 11.8 Å². The van der Waals surface area contributed by atoms with E-state index in [0.29, 0.717) is 0 Å². The topological polar surface area (TPSA) is 21.3 Å². The standard InChI is InChI=1S/C12H23NO/c1-2-14-7-3-6-13-12-9-10-4-5-11(12)8-10/h10-13H,2-9H2,1H3/t10-,11-,12-/m1/s1. The molecule has 2 aliphatic rings. The summed E-state index contributed by atoms with van der Waals surface area (Å²) in [6.07, 6.45) is 7.10. The Morgan fingerprint density at radius 1 is 1.29 bits per heavy atom. The van der Waals surface area contributed by atoms with Crippen molar-refractivity contribution < 1.29 is 4.74 Å². The Balaban J connectivity index is 1.54. The predicted octanol–water partition coefficient (Wildman–Crippen LogP) is 2.19. The summed E-state index contributed by atoms with van der Waals surface area (Å²) in [4.78, 5) is 0. The molecule has 14 heavy (non-hydrogen) atoms. The molecule has 0 unspecified atom stereocenters. The van der Waals surface area contributed by atoms with Crippen LogP contribution in [0.3, 0.4) is 0 Å². The summed E-state index contributed by atoms with van der Waals surface area (Å²) in [5, 5.41) is 3.69. The molecule has 0 saturated heterocycles. The van der Waals surface area contributed by atoms with E-state index < -0.39 is 0 Å². The quantitative estimate of drug-likeness (QED) is 0.659. The molecule has 0 aromatic heterocycles. The first-order chi connectivity index (χ1) is 6.90. The zero-order valence-electron chi connectivity index (χ0n) is 9.30. The van der Waals surface area contributed by atoms with Gasteiger partial charge in [0.05, 0.1) is 0 Å². The molecule has 2 saturated carbocycles. The molecule has 0 aliphatic heterocycles. The molecule has 1 N–H and O–H groups in total. The summed E-state index contributed by atoms with van der Waals surface area (Å²) in [7, 11) is 0. The third-order valence-electron chi connectivity index (χ3n) is 3.81. The van der Waals surface area contributed by atoms with Crippen LogP contribution in [0.2, 0.25) is 0 Å². The van der Waals surface area contributed by atoms with Gasteiger partial charge in [-0.3, -0.25) is 0 Å². The van der Waals surface area contributed by atoms with Crippen molar-refractivity contribution in [3.63, 3.8) is 0 Å². The average Bonchev–Trinajstić information content (AvgIpc) is 2.79. The Kier molecular flexibility index (Phi) is 3.82. The number of fused-ring (bicyclic) bond motifs is 2. The van der Waals surface area contributed by atoms with Crippen LogP contribution < -0.4 is 5.32 Å². The van der Waals surface area contributed by atoms with Crippen LogP contribution in [0.5, 0.6) is 0 Å². The third kappa shape index (κ3) is 2.48. The first-order valence-corrected chi connectivity index (χ1v) is 6.21. The molecule has 0 heterocycles. The van der Waals surface area contributed by atoms with E-state index in [1.54, 1.807) is 0 Å². The third-order valence-corrected chi connectivity index (χ3v) is 3.81. The van der Waals surface area contributed by atoms with Crippen LogP contribution in [-0.4, -0.2) is 25.8 Å². The van der Waals surface area contributed by atoms with Crippen molar-refractivity contribution in [3.05, 3.63) is 0 Å². The van der Waals surface area contributed by atoms with Gasteiger partial charge in [-0.05, 0) is 51.0 Å². The van der Waals surface area contributed by atoms with Crippen LogP contribution >= 0.6 is 0 Å². The van der Waals surface area contributed by atoms with E-state index >= 15 is 0 Å². The minimum absolute atomic E-state index is 0.843. The highest BCUT2D eigenvalue weighted by Gasteiger charge is 2.38. The second-order valence-electron chi connectivity index (χ2n) is 4.79. The van der Waals surface area contributed by atoms with Crippen LogP contribution in [0.1, 0.15) is 39.0 Å². The molecular weight excluding hydrogens is 174 g/mol. The van der Waals surface area contributed by atoms with Gasteiger partial charge in [0.2, 0.25) is 0 Å². The zero-order chi connectivity index (χ0) is 9.80. The molecule has 82 valence electrons. The van der Waals surface area contributed by atoms with Crippen molar-refractivity contribution in [2.45, 2.75) is 45.1 Å². The Morgan fingerprint density at radius 3 is 2.86 bits per heavy atom. The largest absolute Gasteiger partial charge is 0.382 e. The maximum Gasteiger partial charge on any atom is 0.0477 e. The maximum atomic E-state index is 5.32. The first-order valence-electron chi connectivity index (χ1n) is 6.21. The molecule has 0 radical (unpaired) electrons. The molecular formula is C12H23NO. The molecule has 2 bridgehead atoms. The summed E-state index contributed by atoms with van der Waals surface area (Å²) < 4.78 is 5.32. The van der Waals surface area contributed by atoms with Crippen molar-refractivity contribution in [1.29, 1.82) is 0 Å². The lowest BCUT2D eigenvalue weighted by Gasteiger charge is -2.22. The molecule has 0 aromatic rings. The van der Waals surface area contributed by atoms with Crippen molar-refractivity contribution in [3.8, 4) is 0 Å². The van der Waals surface area contributed by atoms with Gasteiger partial charge in [0.15, 0.2) is 0 Å². The zero-order valence-corrected chi connectivity index (χ0v) is 9.30. The van der Waals surface area contributed by atoms with E-state index in [4.69, 9.17) is 4.74 Å². The highest BCUT2D eigenvalue weighted by Crippen LogP contribution is 2.44. The second-order valence-corrected chi connectivity index (χ2v) is 4.79. The van der Waals surface area contributed by atoms with Gasteiger partial charge in [-0.15, -0.1) is 0 Å². The molecule has 2 rings (SSSR count). The predicted molar refractivity (Wildman–Crippen MR) is 58.3 cm³/mol.